The number of halogens is 1. The molecule has 0 spiro atoms. The Bertz CT molecular complexity index is 960. The minimum Gasteiger partial charge on any atom is -0.455 e. The van der Waals surface area contributed by atoms with E-state index < -0.39 is 0 Å². The Labute approximate surface area is 149 Å². The van der Waals surface area contributed by atoms with E-state index in [0.717, 1.165) is 33.3 Å². The molecule has 0 unspecified atom stereocenters. The Morgan fingerprint density at radius 3 is 2.83 bits per heavy atom. The normalized spacial score (nSPS) is 13.3. The smallest absolute Gasteiger partial charge is 0.149 e. The van der Waals surface area contributed by atoms with Gasteiger partial charge in [0, 0.05) is 10.9 Å². The molecule has 0 bridgehead atoms. The second-order valence-electron chi connectivity index (χ2n) is 5.93. The molecule has 1 nitrogen and oxygen atoms in total. The van der Waals surface area contributed by atoms with Gasteiger partial charge in [-0.2, -0.15) is 0 Å². The Morgan fingerprint density at radius 1 is 1.22 bits per heavy atom. The highest BCUT2D eigenvalue weighted by Crippen LogP contribution is 2.40. The summed E-state index contributed by atoms with van der Waals surface area (Å²) in [4.78, 5) is 0. The summed E-state index contributed by atoms with van der Waals surface area (Å²) in [6.45, 7) is 6.20. The SMILES string of the molecule is C=Cc1c(-c2ccccc2C)cc2c3c(oc2c1I)C=CCC3. The van der Waals surface area contributed by atoms with Crippen LogP contribution in [0.2, 0.25) is 0 Å². The summed E-state index contributed by atoms with van der Waals surface area (Å²) in [5.74, 6) is 1.01. The van der Waals surface area contributed by atoms with Crippen LogP contribution in [0.1, 0.15) is 28.9 Å². The summed E-state index contributed by atoms with van der Waals surface area (Å²) < 4.78 is 7.29. The van der Waals surface area contributed by atoms with Crippen LogP contribution in [0.25, 0.3) is 34.2 Å². The Kier molecular flexibility index (Phi) is 3.64. The average molecular weight is 412 g/mol. The molecule has 2 heteroatoms. The molecule has 0 amide bonds. The van der Waals surface area contributed by atoms with Gasteiger partial charge in [0.25, 0.3) is 0 Å². The fourth-order valence-electron chi connectivity index (χ4n) is 3.38. The lowest BCUT2D eigenvalue weighted by Gasteiger charge is -2.12. The van der Waals surface area contributed by atoms with Crippen LogP contribution in [0.5, 0.6) is 0 Å². The van der Waals surface area contributed by atoms with E-state index in [9.17, 15) is 0 Å². The molecule has 114 valence electrons. The van der Waals surface area contributed by atoms with Gasteiger partial charge in [0.05, 0.1) is 3.57 Å². The van der Waals surface area contributed by atoms with Crippen molar-refractivity contribution in [2.45, 2.75) is 19.8 Å². The largest absolute Gasteiger partial charge is 0.455 e. The van der Waals surface area contributed by atoms with Gasteiger partial charge in [0.2, 0.25) is 0 Å². The number of hydrogen-bond acceptors (Lipinski definition) is 1. The molecule has 1 aliphatic carbocycles. The molecule has 3 aromatic rings. The molecular weight excluding hydrogens is 395 g/mol. The molecule has 1 heterocycles. The molecule has 0 fully saturated rings. The van der Waals surface area contributed by atoms with Crippen molar-refractivity contribution in [1.29, 1.82) is 0 Å². The monoisotopic (exact) mass is 412 g/mol. The van der Waals surface area contributed by atoms with Gasteiger partial charge in [-0.05, 0) is 76.8 Å². The van der Waals surface area contributed by atoms with Gasteiger partial charge in [0.15, 0.2) is 0 Å². The van der Waals surface area contributed by atoms with E-state index in [1.165, 1.54) is 27.6 Å². The molecule has 0 aliphatic heterocycles. The number of furan rings is 1. The zero-order valence-electron chi connectivity index (χ0n) is 13.0. The molecule has 4 rings (SSSR count). The predicted octanol–water partition coefficient (Wildman–Crippen LogP) is 6.62. The van der Waals surface area contributed by atoms with E-state index in [2.05, 4.69) is 78.6 Å². The molecule has 1 aromatic heterocycles. The van der Waals surface area contributed by atoms with Gasteiger partial charge < -0.3 is 4.42 Å². The molecule has 0 radical (unpaired) electrons. The molecule has 1 aliphatic rings. The lowest BCUT2D eigenvalue weighted by Crippen LogP contribution is -1.93. The maximum absolute atomic E-state index is 6.14. The fourth-order valence-corrected chi connectivity index (χ4v) is 4.29. The summed E-state index contributed by atoms with van der Waals surface area (Å²) in [6, 6.07) is 10.8. The fraction of sp³-hybridized carbons (Fsp3) is 0.143. The van der Waals surface area contributed by atoms with Gasteiger partial charge in [-0.1, -0.05) is 43.0 Å². The maximum atomic E-state index is 6.14. The Morgan fingerprint density at radius 2 is 2.04 bits per heavy atom. The third-order valence-corrected chi connectivity index (χ3v) is 5.63. The zero-order valence-corrected chi connectivity index (χ0v) is 15.2. The third-order valence-electron chi connectivity index (χ3n) is 4.56. The first-order chi connectivity index (χ1) is 11.2. The number of fused-ring (bicyclic) bond motifs is 3. The standard InChI is InChI=1S/C21H17IO/c1-3-14-17(15-9-5-4-8-13(15)2)12-18-16-10-6-7-11-19(16)23-21(18)20(14)22/h3-5,7-9,11-12H,1,6,10H2,2H3. The van der Waals surface area contributed by atoms with Crippen LogP contribution < -0.4 is 0 Å². The molecule has 0 saturated carbocycles. The van der Waals surface area contributed by atoms with Crippen LogP contribution in [0.3, 0.4) is 0 Å². The van der Waals surface area contributed by atoms with Crippen molar-refractivity contribution in [3.63, 3.8) is 0 Å². The minimum atomic E-state index is 0.995. The number of aryl methyl sites for hydroxylation is 2. The average Bonchev–Trinajstić information content (AvgIpc) is 2.94. The van der Waals surface area contributed by atoms with Crippen molar-refractivity contribution in [2.75, 3.05) is 0 Å². The van der Waals surface area contributed by atoms with Crippen LogP contribution in [-0.2, 0) is 6.42 Å². The van der Waals surface area contributed by atoms with E-state index in [1.807, 2.05) is 6.08 Å². The first-order valence-electron chi connectivity index (χ1n) is 7.83. The van der Waals surface area contributed by atoms with Gasteiger partial charge in [-0.25, -0.2) is 0 Å². The van der Waals surface area contributed by atoms with Crippen molar-refractivity contribution in [3.8, 4) is 11.1 Å². The third kappa shape index (κ3) is 2.27. The highest BCUT2D eigenvalue weighted by Gasteiger charge is 2.20. The van der Waals surface area contributed by atoms with Crippen molar-refractivity contribution in [1.82, 2.24) is 0 Å². The summed E-state index contributed by atoms with van der Waals surface area (Å²) >= 11 is 2.40. The molecule has 0 saturated heterocycles. The number of hydrogen-bond donors (Lipinski definition) is 0. The molecule has 0 N–H and O–H groups in total. The molecule has 2 aromatic carbocycles. The first-order valence-corrected chi connectivity index (χ1v) is 8.91. The molecule has 23 heavy (non-hydrogen) atoms. The van der Waals surface area contributed by atoms with E-state index in [1.54, 1.807) is 0 Å². The number of benzene rings is 2. The van der Waals surface area contributed by atoms with E-state index >= 15 is 0 Å². The van der Waals surface area contributed by atoms with Gasteiger partial charge in [-0.3, -0.25) is 0 Å². The topological polar surface area (TPSA) is 13.1 Å². The van der Waals surface area contributed by atoms with Crippen LogP contribution in [0.15, 0.2) is 47.4 Å². The minimum absolute atomic E-state index is 0.995. The van der Waals surface area contributed by atoms with Crippen LogP contribution >= 0.6 is 22.6 Å². The highest BCUT2D eigenvalue weighted by molar-refractivity contribution is 14.1. The quantitative estimate of drug-likeness (QED) is 0.432. The van der Waals surface area contributed by atoms with E-state index in [4.69, 9.17) is 4.42 Å². The predicted molar refractivity (Wildman–Crippen MR) is 107 cm³/mol. The van der Waals surface area contributed by atoms with Crippen molar-refractivity contribution in [3.05, 3.63) is 69.0 Å². The van der Waals surface area contributed by atoms with Crippen LogP contribution in [0, 0.1) is 10.5 Å². The maximum Gasteiger partial charge on any atom is 0.149 e. The van der Waals surface area contributed by atoms with Gasteiger partial charge in [-0.15, -0.1) is 0 Å². The molecular formula is C21H17IO. The van der Waals surface area contributed by atoms with Crippen LogP contribution in [0.4, 0.5) is 0 Å². The second kappa shape index (κ2) is 5.68. The lowest BCUT2D eigenvalue weighted by atomic mass is 9.92. The summed E-state index contributed by atoms with van der Waals surface area (Å²) in [6.07, 6.45) is 8.38. The van der Waals surface area contributed by atoms with E-state index in [-0.39, 0.29) is 0 Å². The van der Waals surface area contributed by atoms with Crippen LogP contribution in [-0.4, -0.2) is 0 Å². The Balaban J connectivity index is 2.10. The van der Waals surface area contributed by atoms with Crippen molar-refractivity contribution >= 4 is 45.7 Å². The van der Waals surface area contributed by atoms with Crippen molar-refractivity contribution < 1.29 is 4.42 Å². The molecule has 0 atom stereocenters. The summed E-state index contributed by atoms with van der Waals surface area (Å²) in [5, 5.41) is 1.25. The summed E-state index contributed by atoms with van der Waals surface area (Å²) in [5.41, 5.74) is 7.28. The number of rotatable bonds is 2. The summed E-state index contributed by atoms with van der Waals surface area (Å²) in [7, 11) is 0. The van der Waals surface area contributed by atoms with Crippen molar-refractivity contribution in [2.24, 2.45) is 0 Å². The first kappa shape index (κ1) is 14.8. The van der Waals surface area contributed by atoms with E-state index in [0.29, 0.717) is 0 Å². The Hall–Kier alpha value is -1.81. The van der Waals surface area contributed by atoms with Gasteiger partial charge in [0.1, 0.15) is 11.3 Å². The lowest BCUT2D eigenvalue weighted by molar-refractivity contribution is 0.593. The van der Waals surface area contributed by atoms with Gasteiger partial charge >= 0.3 is 0 Å². The zero-order chi connectivity index (χ0) is 16.0. The highest BCUT2D eigenvalue weighted by atomic mass is 127. The number of allylic oxidation sites excluding steroid dienone is 1. The second-order valence-corrected chi connectivity index (χ2v) is 7.01.